The van der Waals surface area contributed by atoms with Crippen LogP contribution in [0.1, 0.15) is 28.3 Å². The number of nitrogens with one attached hydrogen (secondary N) is 1. The van der Waals surface area contributed by atoms with Gasteiger partial charge in [-0.25, -0.2) is 4.39 Å². The molecule has 2 heterocycles. The van der Waals surface area contributed by atoms with E-state index in [-0.39, 0.29) is 28.9 Å². The standard InChI is InChI=1S/C22H18ClFN4O3/c1-11-18-19(15(9-25)21(26)31-22(18)28-27-11)13-7-16(23)20(17(8-13)29-2)30-10-12-4-3-5-14(24)6-12/h3-8,19H,10,26H2,1-2H3,(H,27,28)/t19-/m0/s1. The number of halogens is 2. The van der Waals surface area contributed by atoms with Gasteiger partial charge in [-0.3, -0.25) is 5.10 Å². The van der Waals surface area contributed by atoms with Crippen LogP contribution in [0, 0.1) is 24.1 Å². The van der Waals surface area contributed by atoms with Gasteiger partial charge in [0.2, 0.25) is 11.8 Å². The third-order valence-electron chi connectivity index (χ3n) is 4.99. The van der Waals surface area contributed by atoms with Gasteiger partial charge in [-0.05, 0) is 42.3 Å². The highest BCUT2D eigenvalue weighted by Crippen LogP contribution is 2.46. The van der Waals surface area contributed by atoms with Crippen molar-refractivity contribution < 1.29 is 18.6 Å². The number of rotatable bonds is 5. The minimum Gasteiger partial charge on any atom is -0.493 e. The molecule has 31 heavy (non-hydrogen) atoms. The SMILES string of the molecule is COc1cc([C@H]2C(C#N)=C(N)Oc3n[nH]c(C)c32)cc(Cl)c1OCc1cccc(F)c1. The van der Waals surface area contributed by atoms with Gasteiger partial charge in [0.05, 0.1) is 18.1 Å². The van der Waals surface area contributed by atoms with Crippen LogP contribution in [0.15, 0.2) is 47.9 Å². The molecule has 4 rings (SSSR count). The van der Waals surface area contributed by atoms with Gasteiger partial charge < -0.3 is 19.9 Å². The van der Waals surface area contributed by atoms with Crippen molar-refractivity contribution in [2.75, 3.05) is 7.11 Å². The first kappa shape index (κ1) is 20.6. The lowest BCUT2D eigenvalue weighted by Gasteiger charge is -2.24. The summed E-state index contributed by atoms with van der Waals surface area (Å²) in [6, 6.07) is 11.6. The number of nitriles is 1. The summed E-state index contributed by atoms with van der Waals surface area (Å²) in [7, 11) is 1.48. The van der Waals surface area contributed by atoms with Crippen LogP contribution in [0.3, 0.4) is 0 Å². The number of fused-ring (bicyclic) bond motifs is 1. The van der Waals surface area contributed by atoms with E-state index in [4.69, 9.17) is 31.5 Å². The molecule has 0 saturated heterocycles. The molecule has 1 atom stereocenters. The number of H-pyrrole nitrogens is 1. The summed E-state index contributed by atoms with van der Waals surface area (Å²) in [6.45, 7) is 1.93. The molecule has 9 heteroatoms. The predicted octanol–water partition coefficient (Wildman–Crippen LogP) is 4.32. The van der Waals surface area contributed by atoms with Crippen molar-refractivity contribution in [1.82, 2.24) is 10.2 Å². The summed E-state index contributed by atoms with van der Waals surface area (Å²) in [4.78, 5) is 0. The molecule has 0 radical (unpaired) electrons. The fraction of sp³-hybridized carbons (Fsp3) is 0.182. The van der Waals surface area contributed by atoms with Crippen LogP contribution in [-0.2, 0) is 6.61 Å². The minimum absolute atomic E-state index is 0.0204. The van der Waals surface area contributed by atoms with Crippen molar-refractivity contribution >= 4 is 11.6 Å². The summed E-state index contributed by atoms with van der Waals surface area (Å²) in [5, 5.41) is 17.0. The highest BCUT2D eigenvalue weighted by molar-refractivity contribution is 6.32. The number of aromatic nitrogens is 2. The number of nitrogens with two attached hydrogens (primary N) is 1. The van der Waals surface area contributed by atoms with Crippen molar-refractivity contribution in [3.63, 3.8) is 0 Å². The van der Waals surface area contributed by atoms with Crippen molar-refractivity contribution in [2.45, 2.75) is 19.4 Å². The Morgan fingerprint density at radius 3 is 2.87 bits per heavy atom. The topological polar surface area (TPSA) is 106 Å². The van der Waals surface area contributed by atoms with Gasteiger partial charge in [0, 0.05) is 11.3 Å². The molecule has 0 saturated carbocycles. The zero-order valence-corrected chi connectivity index (χ0v) is 17.5. The van der Waals surface area contributed by atoms with Gasteiger partial charge >= 0.3 is 0 Å². The molecule has 158 valence electrons. The molecular formula is C22H18ClFN4O3. The molecule has 0 bridgehead atoms. The Bertz CT molecular complexity index is 1230. The molecule has 0 unspecified atom stereocenters. The van der Waals surface area contributed by atoms with E-state index in [1.54, 1.807) is 24.3 Å². The molecule has 0 spiro atoms. The number of benzene rings is 2. The minimum atomic E-state index is -0.545. The molecule has 3 aromatic rings. The fourth-order valence-corrected chi connectivity index (χ4v) is 3.83. The summed E-state index contributed by atoms with van der Waals surface area (Å²) in [5.74, 6) is 0.0613. The second-order valence-corrected chi connectivity index (χ2v) is 7.35. The Morgan fingerprint density at radius 2 is 2.16 bits per heavy atom. The van der Waals surface area contributed by atoms with Crippen LogP contribution in [0.25, 0.3) is 0 Å². The van der Waals surface area contributed by atoms with E-state index in [1.807, 2.05) is 6.92 Å². The Morgan fingerprint density at radius 1 is 1.35 bits per heavy atom. The van der Waals surface area contributed by atoms with Gasteiger partial charge in [-0.15, -0.1) is 5.10 Å². The number of hydrogen-bond acceptors (Lipinski definition) is 6. The van der Waals surface area contributed by atoms with Crippen LogP contribution in [0.4, 0.5) is 4.39 Å². The third kappa shape index (κ3) is 3.76. The molecular weight excluding hydrogens is 423 g/mol. The van der Waals surface area contributed by atoms with Crippen molar-refractivity contribution in [1.29, 1.82) is 5.26 Å². The maximum Gasteiger partial charge on any atom is 0.244 e. The fourth-order valence-electron chi connectivity index (χ4n) is 3.56. The van der Waals surface area contributed by atoms with E-state index >= 15 is 0 Å². The van der Waals surface area contributed by atoms with E-state index in [2.05, 4.69) is 16.3 Å². The quantitative estimate of drug-likeness (QED) is 0.612. The number of methoxy groups -OCH3 is 1. The van der Waals surface area contributed by atoms with E-state index in [0.717, 1.165) is 5.69 Å². The van der Waals surface area contributed by atoms with Gasteiger partial charge in [-0.2, -0.15) is 5.26 Å². The summed E-state index contributed by atoms with van der Waals surface area (Å²) < 4.78 is 30.3. The number of hydrogen-bond donors (Lipinski definition) is 2. The molecule has 0 fully saturated rings. The average molecular weight is 441 g/mol. The summed E-state index contributed by atoms with van der Waals surface area (Å²) in [5.41, 5.74) is 8.94. The molecule has 1 aromatic heterocycles. The molecule has 7 nitrogen and oxygen atoms in total. The lowest BCUT2D eigenvalue weighted by Crippen LogP contribution is -2.21. The van der Waals surface area contributed by atoms with Crippen molar-refractivity contribution in [2.24, 2.45) is 5.73 Å². The highest BCUT2D eigenvalue weighted by Gasteiger charge is 2.35. The second-order valence-electron chi connectivity index (χ2n) is 6.94. The molecule has 1 aliphatic rings. The Labute approximate surface area is 182 Å². The van der Waals surface area contributed by atoms with Crippen LogP contribution in [0.2, 0.25) is 5.02 Å². The Balaban J connectivity index is 1.74. The lowest BCUT2D eigenvalue weighted by molar-refractivity contribution is 0.284. The highest BCUT2D eigenvalue weighted by atomic mass is 35.5. The Kier molecular flexibility index (Phi) is 5.44. The molecule has 0 aliphatic carbocycles. The third-order valence-corrected chi connectivity index (χ3v) is 5.27. The first-order valence-corrected chi connectivity index (χ1v) is 9.67. The number of aryl methyl sites for hydroxylation is 1. The maximum absolute atomic E-state index is 13.4. The average Bonchev–Trinajstić information content (AvgIpc) is 3.11. The molecule has 2 aromatic carbocycles. The van der Waals surface area contributed by atoms with Gasteiger partial charge in [0.15, 0.2) is 11.5 Å². The number of allylic oxidation sites excluding steroid dienone is 1. The number of nitrogens with zero attached hydrogens (tertiary/aromatic N) is 2. The lowest BCUT2D eigenvalue weighted by atomic mass is 9.84. The van der Waals surface area contributed by atoms with E-state index < -0.39 is 5.92 Å². The van der Waals surface area contributed by atoms with Gasteiger partial charge in [0.1, 0.15) is 24.1 Å². The molecule has 1 aliphatic heterocycles. The predicted molar refractivity (Wildman–Crippen MR) is 111 cm³/mol. The first-order chi connectivity index (χ1) is 14.9. The van der Waals surface area contributed by atoms with E-state index in [9.17, 15) is 9.65 Å². The Hall–Kier alpha value is -3.70. The number of aromatic amines is 1. The summed E-state index contributed by atoms with van der Waals surface area (Å²) in [6.07, 6.45) is 0. The second kappa shape index (κ2) is 8.20. The first-order valence-electron chi connectivity index (χ1n) is 9.30. The van der Waals surface area contributed by atoms with Gasteiger partial charge in [0.25, 0.3) is 0 Å². The van der Waals surface area contributed by atoms with E-state index in [1.165, 1.54) is 19.2 Å². The summed E-state index contributed by atoms with van der Waals surface area (Å²) >= 11 is 6.53. The monoisotopic (exact) mass is 440 g/mol. The zero-order chi connectivity index (χ0) is 22.1. The van der Waals surface area contributed by atoms with Crippen LogP contribution in [-0.4, -0.2) is 17.3 Å². The largest absolute Gasteiger partial charge is 0.493 e. The maximum atomic E-state index is 13.4. The molecule has 0 amide bonds. The van der Waals surface area contributed by atoms with Gasteiger partial charge in [-0.1, -0.05) is 23.7 Å². The van der Waals surface area contributed by atoms with Crippen LogP contribution in [0.5, 0.6) is 17.4 Å². The number of ether oxygens (including phenoxy) is 3. The van der Waals surface area contributed by atoms with Crippen LogP contribution >= 0.6 is 11.6 Å². The van der Waals surface area contributed by atoms with Crippen molar-refractivity contribution in [3.05, 3.63) is 81.1 Å². The molecule has 3 N–H and O–H groups in total. The normalized spacial score (nSPS) is 15.1. The van der Waals surface area contributed by atoms with Crippen LogP contribution < -0.4 is 19.9 Å². The van der Waals surface area contributed by atoms with E-state index in [0.29, 0.717) is 34.1 Å². The smallest absolute Gasteiger partial charge is 0.244 e. The van der Waals surface area contributed by atoms with Crippen molar-refractivity contribution in [3.8, 4) is 23.4 Å². The zero-order valence-electron chi connectivity index (χ0n) is 16.7.